The predicted octanol–water partition coefficient (Wildman–Crippen LogP) is 2.93. The topological polar surface area (TPSA) is 75.9 Å². The second-order valence-electron chi connectivity index (χ2n) is 7.87. The van der Waals surface area contributed by atoms with Gasteiger partial charge in [0.25, 0.3) is 5.91 Å². The highest BCUT2D eigenvalue weighted by molar-refractivity contribution is 5.92. The van der Waals surface area contributed by atoms with Gasteiger partial charge in [-0.2, -0.15) is 0 Å². The molecule has 1 aliphatic rings. The van der Waals surface area contributed by atoms with E-state index in [4.69, 9.17) is 9.72 Å². The van der Waals surface area contributed by atoms with Gasteiger partial charge in [0, 0.05) is 38.2 Å². The SMILES string of the molecule is COc1ccc(-c2cccc3nc(C4CN(C(=O)c5cnccn5)CCN4C)cn23)cc1. The Hall–Kier alpha value is -3.78. The van der Waals surface area contributed by atoms with Crippen molar-refractivity contribution in [2.45, 2.75) is 6.04 Å². The molecule has 4 heterocycles. The Morgan fingerprint density at radius 3 is 2.69 bits per heavy atom. The highest BCUT2D eigenvalue weighted by Gasteiger charge is 2.31. The lowest BCUT2D eigenvalue weighted by atomic mass is 10.1. The summed E-state index contributed by atoms with van der Waals surface area (Å²) in [4.78, 5) is 30.1. The summed E-state index contributed by atoms with van der Waals surface area (Å²) in [5.74, 6) is 0.725. The zero-order valence-corrected chi connectivity index (χ0v) is 18.0. The number of carbonyl (C=O) groups is 1. The number of hydrogen-bond donors (Lipinski definition) is 0. The first-order valence-electron chi connectivity index (χ1n) is 10.5. The molecule has 162 valence electrons. The maximum absolute atomic E-state index is 12.9. The van der Waals surface area contributed by atoms with E-state index in [-0.39, 0.29) is 11.9 Å². The van der Waals surface area contributed by atoms with Gasteiger partial charge in [-0.15, -0.1) is 0 Å². The lowest BCUT2D eigenvalue weighted by Crippen LogP contribution is -2.49. The highest BCUT2D eigenvalue weighted by atomic mass is 16.5. The molecule has 0 aliphatic carbocycles. The van der Waals surface area contributed by atoms with Crippen molar-refractivity contribution in [3.05, 3.63) is 78.6 Å². The molecule has 0 saturated carbocycles. The predicted molar refractivity (Wildman–Crippen MR) is 120 cm³/mol. The molecule has 1 atom stereocenters. The summed E-state index contributed by atoms with van der Waals surface area (Å²) in [6.07, 6.45) is 6.71. The average molecular weight is 428 g/mol. The van der Waals surface area contributed by atoms with Gasteiger partial charge in [-0.3, -0.25) is 19.1 Å². The molecule has 1 unspecified atom stereocenters. The number of benzene rings is 1. The van der Waals surface area contributed by atoms with Gasteiger partial charge in [-0.1, -0.05) is 6.07 Å². The van der Waals surface area contributed by atoms with E-state index in [0.29, 0.717) is 18.8 Å². The minimum Gasteiger partial charge on any atom is -0.497 e. The van der Waals surface area contributed by atoms with Crippen LogP contribution in [0.2, 0.25) is 0 Å². The zero-order chi connectivity index (χ0) is 22.1. The van der Waals surface area contributed by atoms with E-state index < -0.39 is 0 Å². The number of fused-ring (bicyclic) bond motifs is 1. The number of likely N-dealkylation sites (N-methyl/N-ethyl adjacent to an activating group) is 1. The Labute approximate surface area is 186 Å². The van der Waals surface area contributed by atoms with E-state index in [0.717, 1.165) is 34.9 Å². The van der Waals surface area contributed by atoms with Crippen molar-refractivity contribution >= 4 is 11.6 Å². The van der Waals surface area contributed by atoms with E-state index in [2.05, 4.69) is 38.6 Å². The quantitative estimate of drug-likeness (QED) is 0.498. The molecule has 3 aromatic heterocycles. The number of ether oxygens (including phenoxy) is 1. The third-order valence-corrected chi connectivity index (χ3v) is 5.96. The van der Waals surface area contributed by atoms with Crippen molar-refractivity contribution in [2.24, 2.45) is 0 Å². The second kappa shape index (κ2) is 8.39. The van der Waals surface area contributed by atoms with Crippen LogP contribution in [0.4, 0.5) is 0 Å². The maximum Gasteiger partial charge on any atom is 0.274 e. The summed E-state index contributed by atoms with van der Waals surface area (Å²) in [5, 5.41) is 0. The lowest BCUT2D eigenvalue weighted by Gasteiger charge is -2.38. The van der Waals surface area contributed by atoms with Crippen LogP contribution in [-0.2, 0) is 0 Å². The molecule has 1 fully saturated rings. The van der Waals surface area contributed by atoms with Crippen LogP contribution < -0.4 is 4.74 Å². The first-order valence-corrected chi connectivity index (χ1v) is 10.5. The Kier molecular flexibility index (Phi) is 5.28. The molecule has 5 rings (SSSR count). The van der Waals surface area contributed by atoms with Crippen molar-refractivity contribution in [3.63, 3.8) is 0 Å². The fraction of sp³-hybridized carbons (Fsp3) is 0.250. The number of hydrogen-bond acceptors (Lipinski definition) is 6. The van der Waals surface area contributed by atoms with Crippen LogP contribution in [0.1, 0.15) is 22.2 Å². The van der Waals surface area contributed by atoms with E-state index in [1.165, 1.54) is 6.20 Å². The molecule has 0 N–H and O–H groups in total. The summed E-state index contributed by atoms with van der Waals surface area (Å²) in [5.41, 5.74) is 4.31. The number of rotatable bonds is 4. The van der Waals surface area contributed by atoms with Crippen molar-refractivity contribution in [1.29, 1.82) is 0 Å². The van der Waals surface area contributed by atoms with Crippen LogP contribution in [-0.4, -0.2) is 68.9 Å². The third kappa shape index (κ3) is 3.69. The molecule has 0 bridgehead atoms. The molecule has 1 aromatic carbocycles. The Morgan fingerprint density at radius 1 is 1.09 bits per heavy atom. The Morgan fingerprint density at radius 2 is 1.94 bits per heavy atom. The molecule has 1 saturated heterocycles. The average Bonchev–Trinajstić information content (AvgIpc) is 3.29. The Balaban J connectivity index is 1.46. The van der Waals surface area contributed by atoms with Crippen molar-refractivity contribution in [2.75, 3.05) is 33.8 Å². The monoisotopic (exact) mass is 428 g/mol. The fourth-order valence-electron chi connectivity index (χ4n) is 4.14. The smallest absolute Gasteiger partial charge is 0.274 e. The minimum absolute atomic E-state index is 0.00649. The van der Waals surface area contributed by atoms with Crippen LogP contribution in [0.5, 0.6) is 5.75 Å². The van der Waals surface area contributed by atoms with Gasteiger partial charge in [-0.05, 0) is 49.0 Å². The first-order chi connectivity index (χ1) is 15.6. The van der Waals surface area contributed by atoms with E-state index >= 15 is 0 Å². The van der Waals surface area contributed by atoms with Gasteiger partial charge in [0.15, 0.2) is 0 Å². The van der Waals surface area contributed by atoms with Gasteiger partial charge in [0.1, 0.15) is 17.1 Å². The van der Waals surface area contributed by atoms with Crippen molar-refractivity contribution in [1.82, 2.24) is 29.2 Å². The fourth-order valence-corrected chi connectivity index (χ4v) is 4.14. The van der Waals surface area contributed by atoms with E-state index in [1.807, 2.05) is 41.3 Å². The molecule has 0 spiro atoms. The third-order valence-electron chi connectivity index (χ3n) is 5.96. The number of piperazine rings is 1. The van der Waals surface area contributed by atoms with Crippen LogP contribution in [0, 0.1) is 0 Å². The van der Waals surface area contributed by atoms with Gasteiger partial charge < -0.3 is 9.64 Å². The number of imidazole rings is 1. The summed E-state index contributed by atoms with van der Waals surface area (Å²) < 4.78 is 7.39. The summed E-state index contributed by atoms with van der Waals surface area (Å²) >= 11 is 0. The maximum atomic E-state index is 12.9. The standard InChI is InChI=1S/C24H24N6O2/c1-28-12-13-29(24(31)19-14-25-10-11-26-19)16-22(28)20-15-30-21(4-3-5-23(30)27-20)17-6-8-18(32-2)9-7-17/h3-11,14-15,22H,12-13,16H2,1-2H3. The van der Waals surface area contributed by atoms with Crippen LogP contribution in [0.25, 0.3) is 16.9 Å². The van der Waals surface area contributed by atoms with Crippen LogP contribution in [0.3, 0.4) is 0 Å². The molecular weight excluding hydrogens is 404 g/mol. The summed E-state index contributed by atoms with van der Waals surface area (Å²) in [6.45, 7) is 1.95. The lowest BCUT2D eigenvalue weighted by molar-refractivity contribution is 0.0535. The number of carbonyl (C=O) groups excluding carboxylic acids is 1. The van der Waals surface area contributed by atoms with Crippen LogP contribution in [0.15, 0.2) is 67.3 Å². The van der Waals surface area contributed by atoms with Gasteiger partial charge >= 0.3 is 0 Å². The first kappa shape index (κ1) is 20.1. The normalized spacial score (nSPS) is 16.9. The molecule has 32 heavy (non-hydrogen) atoms. The van der Waals surface area contributed by atoms with Gasteiger partial charge in [0.2, 0.25) is 0 Å². The van der Waals surface area contributed by atoms with E-state index in [9.17, 15) is 4.79 Å². The number of nitrogens with zero attached hydrogens (tertiary/aromatic N) is 6. The number of aromatic nitrogens is 4. The minimum atomic E-state index is -0.0983. The van der Waals surface area contributed by atoms with Crippen molar-refractivity contribution < 1.29 is 9.53 Å². The Bertz CT molecular complexity index is 1240. The largest absolute Gasteiger partial charge is 0.497 e. The molecular formula is C24H24N6O2. The van der Waals surface area contributed by atoms with Crippen molar-refractivity contribution in [3.8, 4) is 17.0 Å². The molecule has 4 aromatic rings. The number of methoxy groups -OCH3 is 1. The molecule has 0 radical (unpaired) electrons. The zero-order valence-electron chi connectivity index (χ0n) is 18.0. The van der Waals surface area contributed by atoms with Gasteiger partial charge in [0.05, 0.1) is 30.7 Å². The number of pyridine rings is 1. The second-order valence-corrected chi connectivity index (χ2v) is 7.87. The molecule has 1 amide bonds. The van der Waals surface area contributed by atoms with Gasteiger partial charge in [-0.25, -0.2) is 9.97 Å². The molecule has 1 aliphatic heterocycles. The van der Waals surface area contributed by atoms with E-state index in [1.54, 1.807) is 19.5 Å². The summed E-state index contributed by atoms with van der Waals surface area (Å²) in [7, 11) is 3.74. The summed E-state index contributed by atoms with van der Waals surface area (Å²) in [6, 6.07) is 14.1. The molecule has 8 nitrogen and oxygen atoms in total. The highest BCUT2D eigenvalue weighted by Crippen LogP contribution is 2.28. The molecule has 8 heteroatoms. The number of amides is 1. The van der Waals surface area contributed by atoms with Crippen LogP contribution >= 0.6 is 0 Å².